The quantitative estimate of drug-likeness (QED) is 0.716. The highest BCUT2D eigenvalue weighted by molar-refractivity contribution is 4.86. The molecule has 0 aromatic carbocycles. The largest absolute Gasteiger partial charge is 0.377 e. The molecule has 4 heteroatoms. The average Bonchev–Trinajstić information content (AvgIpc) is 2.70. The minimum absolute atomic E-state index is 0.228. The van der Waals surface area contributed by atoms with Crippen LogP contribution in [0.15, 0.2) is 0 Å². The molecule has 1 fully saturated rings. The number of hydrogen-bond donors (Lipinski definition) is 1. The zero-order valence-corrected chi connectivity index (χ0v) is 12.4. The smallest absolute Gasteiger partial charge is 0.0971 e. The Kier molecular flexibility index (Phi) is 7.15. The van der Waals surface area contributed by atoms with Crippen LogP contribution >= 0.6 is 0 Å². The van der Waals surface area contributed by atoms with Crippen LogP contribution in [0.2, 0.25) is 0 Å². The first-order valence-electron chi connectivity index (χ1n) is 7.10. The second-order valence-corrected chi connectivity index (χ2v) is 5.78. The van der Waals surface area contributed by atoms with E-state index in [1.807, 2.05) is 0 Å². The zero-order chi connectivity index (χ0) is 13.5. The molecule has 1 heterocycles. The third kappa shape index (κ3) is 5.22. The molecule has 0 spiro atoms. The Morgan fingerprint density at radius 3 is 2.11 bits per heavy atom. The highest BCUT2D eigenvalue weighted by atomic mass is 16.5. The summed E-state index contributed by atoms with van der Waals surface area (Å²) in [7, 11) is 3.54. The van der Waals surface area contributed by atoms with Gasteiger partial charge in [0.1, 0.15) is 0 Å². The van der Waals surface area contributed by atoms with Crippen molar-refractivity contribution in [2.75, 3.05) is 33.9 Å². The van der Waals surface area contributed by atoms with E-state index in [0.717, 1.165) is 32.0 Å². The highest BCUT2D eigenvalue weighted by Gasteiger charge is 2.33. The molecule has 108 valence electrons. The van der Waals surface area contributed by atoms with E-state index in [9.17, 15) is 0 Å². The van der Waals surface area contributed by atoms with Crippen LogP contribution in [0.25, 0.3) is 0 Å². The molecule has 1 saturated heterocycles. The van der Waals surface area contributed by atoms with Crippen molar-refractivity contribution < 1.29 is 9.47 Å². The van der Waals surface area contributed by atoms with Crippen molar-refractivity contribution in [2.24, 2.45) is 11.7 Å². The maximum Gasteiger partial charge on any atom is 0.0971 e. The fraction of sp³-hybridized carbons (Fsp3) is 1.00. The fourth-order valence-corrected chi connectivity index (χ4v) is 2.74. The van der Waals surface area contributed by atoms with E-state index >= 15 is 0 Å². The van der Waals surface area contributed by atoms with Crippen LogP contribution in [0.4, 0.5) is 0 Å². The maximum absolute atomic E-state index is 5.77. The molecule has 4 atom stereocenters. The lowest BCUT2D eigenvalue weighted by Crippen LogP contribution is -2.28. The molecule has 0 bridgehead atoms. The SMILES string of the molecule is COC1CN(CC(C)CCCC(C)N)CC1OC. The second kappa shape index (κ2) is 8.10. The molecule has 0 amide bonds. The number of hydrogen-bond acceptors (Lipinski definition) is 4. The van der Waals surface area contributed by atoms with Gasteiger partial charge in [0.05, 0.1) is 12.2 Å². The molecule has 0 aliphatic carbocycles. The summed E-state index contributed by atoms with van der Waals surface area (Å²) < 4.78 is 10.9. The standard InChI is InChI=1S/C14H30N2O2/c1-11(6-5-7-12(2)15)8-16-9-13(17-3)14(10-16)18-4/h11-14H,5-10,15H2,1-4H3. The first kappa shape index (κ1) is 15.9. The van der Waals surface area contributed by atoms with Crippen LogP contribution in [-0.2, 0) is 9.47 Å². The molecule has 0 saturated carbocycles. The van der Waals surface area contributed by atoms with Gasteiger partial charge in [-0.05, 0) is 25.7 Å². The van der Waals surface area contributed by atoms with Crippen LogP contribution in [-0.4, -0.2) is 57.0 Å². The van der Waals surface area contributed by atoms with Gasteiger partial charge in [-0.25, -0.2) is 0 Å². The summed E-state index contributed by atoms with van der Waals surface area (Å²) >= 11 is 0. The van der Waals surface area contributed by atoms with Crippen molar-refractivity contribution in [3.05, 3.63) is 0 Å². The summed E-state index contributed by atoms with van der Waals surface area (Å²) in [5.41, 5.74) is 5.77. The molecule has 18 heavy (non-hydrogen) atoms. The number of rotatable bonds is 8. The zero-order valence-electron chi connectivity index (χ0n) is 12.4. The van der Waals surface area contributed by atoms with Gasteiger partial charge in [-0.1, -0.05) is 13.3 Å². The highest BCUT2D eigenvalue weighted by Crippen LogP contribution is 2.19. The molecular weight excluding hydrogens is 228 g/mol. The lowest BCUT2D eigenvalue weighted by Gasteiger charge is -2.20. The molecule has 0 aromatic heterocycles. The number of nitrogens with zero attached hydrogens (tertiary/aromatic N) is 1. The molecule has 1 aliphatic heterocycles. The minimum atomic E-state index is 0.228. The summed E-state index contributed by atoms with van der Waals surface area (Å²) in [6.45, 7) is 7.53. The minimum Gasteiger partial charge on any atom is -0.377 e. The summed E-state index contributed by atoms with van der Waals surface area (Å²) in [5.74, 6) is 0.719. The van der Waals surface area contributed by atoms with Crippen molar-refractivity contribution in [1.29, 1.82) is 0 Å². The van der Waals surface area contributed by atoms with Crippen molar-refractivity contribution >= 4 is 0 Å². The molecule has 0 aromatic rings. The fourth-order valence-electron chi connectivity index (χ4n) is 2.74. The summed E-state index contributed by atoms with van der Waals surface area (Å²) in [6.07, 6.45) is 4.07. The lowest BCUT2D eigenvalue weighted by atomic mass is 10.0. The Balaban J connectivity index is 2.22. The Morgan fingerprint density at radius 1 is 1.11 bits per heavy atom. The van der Waals surface area contributed by atoms with Gasteiger partial charge in [-0.15, -0.1) is 0 Å². The van der Waals surface area contributed by atoms with Gasteiger partial charge in [0.2, 0.25) is 0 Å². The first-order valence-corrected chi connectivity index (χ1v) is 7.10. The van der Waals surface area contributed by atoms with Crippen molar-refractivity contribution in [3.63, 3.8) is 0 Å². The van der Waals surface area contributed by atoms with Crippen LogP contribution in [0, 0.1) is 5.92 Å². The van der Waals surface area contributed by atoms with Crippen molar-refractivity contribution in [3.8, 4) is 0 Å². The number of ether oxygens (including phenoxy) is 2. The normalized spacial score (nSPS) is 28.5. The van der Waals surface area contributed by atoms with Gasteiger partial charge in [-0.3, -0.25) is 4.90 Å². The summed E-state index contributed by atoms with van der Waals surface area (Å²) in [5, 5.41) is 0. The topological polar surface area (TPSA) is 47.7 Å². The molecule has 1 rings (SSSR count). The molecule has 2 N–H and O–H groups in total. The molecule has 0 radical (unpaired) electrons. The number of likely N-dealkylation sites (tertiary alicyclic amines) is 1. The van der Waals surface area contributed by atoms with Gasteiger partial charge in [-0.2, -0.15) is 0 Å². The van der Waals surface area contributed by atoms with Crippen molar-refractivity contribution in [1.82, 2.24) is 4.90 Å². The predicted molar refractivity (Wildman–Crippen MR) is 74.7 cm³/mol. The van der Waals surface area contributed by atoms with Crippen LogP contribution in [0.3, 0.4) is 0 Å². The summed E-state index contributed by atoms with van der Waals surface area (Å²) in [6, 6.07) is 0.333. The van der Waals surface area contributed by atoms with Crippen LogP contribution in [0.1, 0.15) is 33.1 Å². The van der Waals surface area contributed by atoms with E-state index < -0.39 is 0 Å². The van der Waals surface area contributed by atoms with Crippen LogP contribution in [0.5, 0.6) is 0 Å². The van der Waals surface area contributed by atoms with Crippen molar-refractivity contribution in [2.45, 2.75) is 51.4 Å². The third-order valence-electron chi connectivity index (χ3n) is 3.82. The molecular formula is C14H30N2O2. The number of nitrogens with two attached hydrogens (primary N) is 1. The Labute approximate surface area is 112 Å². The van der Waals surface area contributed by atoms with E-state index in [1.165, 1.54) is 12.8 Å². The van der Waals surface area contributed by atoms with Gasteiger partial charge in [0, 0.05) is 39.9 Å². The molecule has 4 unspecified atom stereocenters. The van der Waals surface area contributed by atoms with Gasteiger partial charge in [0.25, 0.3) is 0 Å². The second-order valence-electron chi connectivity index (χ2n) is 5.78. The lowest BCUT2D eigenvalue weighted by molar-refractivity contribution is -0.00461. The van der Waals surface area contributed by atoms with Gasteiger partial charge < -0.3 is 15.2 Å². The number of methoxy groups -OCH3 is 2. The van der Waals surface area contributed by atoms with Gasteiger partial charge >= 0.3 is 0 Å². The Bertz CT molecular complexity index is 212. The van der Waals surface area contributed by atoms with E-state index in [4.69, 9.17) is 15.2 Å². The Morgan fingerprint density at radius 2 is 1.67 bits per heavy atom. The maximum atomic E-state index is 5.77. The Hall–Kier alpha value is -0.160. The molecule has 1 aliphatic rings. The van der Waals surface area contributed by atoms with E-state index in [-0.39, 0.29) is 12.2 Å². The molecule has 4 nitrogen and oxygen atoms in total. The van der Waals surface area contributed by atoms with Gasteiger partial charge in [0.15, 0.2) is 0 Å². The summed E-state index contributed by atoms with van der Waals surface area (Å²) in [4.78, 5) is 2.46. The first-order chi connectivity index (χ1) is 8.56. The third-order valence-corrected chi connectivity index (χ3v) is 3.82. The predicted octanol–water partition coefficient (Wildman–Crippen LogP) is 1.49. The average molecular weight is 258 g/mol. The van der Waals surface area contributed by atoms with E-state index in [1.54, 1.807) is 14.2 Å². The van der Waals surface area contributed by atoms with Crippen LogP contribution < -0.4 is 5.73 Å². The van der Waals surface area contributed by atoms with E-state index in [2.05, 4.69) is 18.7 Å². The monoisotopic (exact) mass is 258 g/mol. The van der Waals surface area contributed by atoms with E-state index in [0.29, 0.717) is 6.04 Å².